The van der Waals surface area contributed by atoms with Gasteiger partial charge in [-0.3, -0.25) is 4.72 Å². The maximum Gasteiger partial charge on any atom is 0.269 e. The Morgan fingerprint density at radius 2 is 1.22 bits per heavy atom. The van der Waals surface area contributed by atoms with Crippen LogP contribution in [0, 0.1) is 13.8 Å². The van der Waals surface area contributed by atoms with Crippen molar-refractivity contribution in [3.8, 4) is 11.4 Å². The second-order valence-corrected chi connectivity index (χ2v) is 11.9. The largest absolute Gasteiger partial charge is 0.279 e. The minimum absolute atomic E-state index is 0.101. The number of nitrogens with zero attached hydrogens (tertiary/aromatic N) is 2. The first kappa shape index (κ1) is 23.8. The second-order valence-electron chi connectivity index (χ2n) is 8.47. The van der Waals surface area contributed by atoms with E-state index in [0.29, 0.717) is 16.6 Å². The van der Waals surface area contributed by atoms with Crippen LogP contribution in [0.1, 0.15) is 11.1 Å². The minimum atomic E-state index is -4.06. The smallest absolute Gasteiger partial charge is 0.269 e. The van der Waals surface area contributed by atoms with Gasteiger partial charge >= 0.3 is 0 Å². The summed E-state index contributed by atoms with van der Waals surface area (Å²) >= 11 is 0. The van der Waals surface area contributed by atoms with Crippen LogP contribution in [0.25, 0.3) is 22.4 Å². The van der Waals surface area contributed by atoms with E-state index in [2.05, 4.69) is 9.71 Å². The predicted octanol–water partition coefficient (Wildman–Crippen LogP) is 5.36. The first-order chi connectivity index (χ1) is 17.2. The van der Waals surface area contributed by atoms with Crippen molar-refractivity contribution in [2.24, 2.45) is 0 Å². The third-order valence-electron chi connectivity index (χ3n) is 5.82. The van der Waals surface area contributed by atoms with Crippen molar-refractivity contribution < 1.29 is 16.8 Å². The van der Waals surface area contributed by atoms with Gasteiger partial charge in [0.1, 0.15) is 0 Å². The van der Waals surface area contributed by atoms with Gasteiger partial charge in [-0.25, -0.2) is 25.8 Å². The van der Waals surface area contributed by atoms with E-state index < -0.39 is 20.0 Å². The Kier molecular flexibility index (Phi) is 5.89. The molecule has 36 heavy (non-hydrogen) atoms. The first-order valence-corrected chi connectivity index (χ1v) is 14.1. The molecule has 0 fully saturated rings. The van der Waals surface area contributed by atoms with Crippen molar-refractivity contribution >= 4 is 36.8 Å². The number of nitrogens with one attached hydrogen (secondary N) is 1. The summed E-state index contributed by atoms with van der Waals surface area (Å²) in [5.74, 6) is 0.110. The van der Waals surface area contributed by atoms with Gasteiger partial charge in [0.2, 0.25) is 0 Å². The Balaban J connectivity index is 1.70. The van der Waals surface area contributed by atoms with Crippen LogP contribution in [0.2, 0.25) is 0 Å². The molecule has 0 saturated carbocycles. The van der Waals surface area contributed by atoms with Crippen molar-refractivity contribution in [1.82, 2.24) is 8.96 Å². The third-order valence-corrected chi connectivity index (χ3v) is 8.92. The van der Waals surface area contributed by atoms with Gasteiger partial charge in [-0.1, -0.05) is 59.7 Å². The molecule has 7 nitrogen and oxygen atoms in total. The van der Waals surface area contributed by atoms with Crippen molar-refractivity contribution in [2.75, 3.05) is 4.72 Å². The molecule has 0 aliphatic rings. The lowest BCUT2D eigenvalue weighted by atomic mass is 10.2. The van der Waals surface area contributed by atoms with Crippen molar-refractivity contribution in [2.45, 2.75) is 23.6 Å². The van der Waals surface area contributed by atoms with Crippen LogP contribution >= 0.6 is 0 Å². The highest BCUT2D eigenvalue weighted by Crippen LogP contribution is 2.34. The maximum atomic E-state index is 13.8. The van der Waals surface area contributed by atoms with E-state index >= 15 is 0 Å². The predicted molar refractivity (Wildman–Crippen MR) is 141 cm³/mol. The molecule has 0 saturated heterocycles. The third kappa shape index (κ3) is 4.27. The summed E-state index contributed by atoms with van der Waals surface area (Å²) in [7, 11) is -7.99. The van der Waals surface area contributed by atoms with Crippen LogP contribution in [-0.2, 0) is 20.0 Å². The number of hydrogen-bond acceptors (Lipinski definition) is 5. The molecule has 5 aromatic rings. The summed E-state index contributed by atoms with van der Waals surface area (Å²) in [6.07, 6.45) is 0. The fourth-order valence-electron chi connectivity index (χ4n) is 3.92. The molecule has 5 rings (SSSR count). The molecule has 0 aliphatic heterocycles. The Labute approximate surface area is 210 Å². The number of anilines is 1. The number of imidazole rings is 1. The second kappa shape index (κ2) is 8.92. The molecule has 4 aromatic carbocycles. The number of para-hydroxylation sites is 3. The zero-order valence-electron chi connectivity index (χ0n) is 19.6. The molecule has 182 valence electrons. The Hall–Kier alpha value is -3.95. The van der Waals surface area contributed by atoms with Gasteiger partial charge in [0, 0.05) is 5.56 Å². The summed E-state index contributed by atoms with van der Waals surface area (Å²) in [4.78, 5) is 4.82. The number of aryl methyl sites for hydroxylation is 2. The van der Waals surface area contributed by atoms with Crippen LogP contribution < -0.4 is 4.72 Å². The average molecular weight is 518 g/mol. The quantitative estimate of drug-likeness (QED) is 0.327. The van der Waals surface area contributed by atoms with Crippen molar-refractivity contribution in [1.29, 1.82) is 0 Å². The summed E-state index contributed by atoms with van der Waals surface area (Å²) in [6.45, 7) is 3.75. The molecule has 0 amide bonds. The molecular formula is C27H23N3O4S2. The van der Waals surface area contributed by atoms with Gasteiger partial charge in [-0.05, 0) is 62.4 Å². The summed E-state index contributed by atoms with van der Waals surface area (Å²) in [6, 6.07) is 26.6. The van der Waals surface area contributed by atoms with Crippen molar-refractivity contribution in [3.63, 3.8) is 0 Å². The summed E-state index contributed by atoms with van der Waals surface area (Å²) in [5.41, 5.74) is 3.28. The molecule has 1 N–H and O–H groups in total. The zero-order valence-corrected chi connectivity index (χ0v) is 21.2. The number of aromatic nitrogens is 2. The molecule has 9 heteroatoms. The lowest BCUT2D eigenvalue weighted by Crippen LogP contribution is -2.16. The van der Waals surface area contributed by atoms with Crippen LogP contribution in [-0.4, -0.2) is 25.8 Å². The molecule has 0 atom stereocenters. The van der Waals surface area contributed by atoms with Gasteiger partial charge in [-0.15, -0.1) is 0 Å². The normalized spacial score (nSPS) is 12.1. The van der Waals surface area contributed by atoms with Gasteiger partial charge in [0.15, 0.2) is 5.82 Å². The van der Waals surface area contributed by atoms with E-state index in [0.717, 1.165) is 11.1 Å². The fourth-order valence-corrected chi connectivity index (χ4v) is 6.47. The SMILES string of the molecule is Cc1ccc(S(=O)(=O)Nc2ccccc2-c2nc3ccccc3n2S(=O)(=O)c2ccc(C)cc2)cc1. The lowest BCUT2D eigenvalue weighted by Gasteiger charge is -2.15. The first-order valence-electron chi connectivity index (χ1n) is 11.2. The van der Waals surface area contributed by atoms with E-state index in [1.54, 1.807) is 84.9 Å². The molecular weight excluding hydrogens is 494 g/mol. The van der Waals surface area contributed by atoms with E-state index in [9.17, 15) is 16.8 Å². The van der Waals surface area contributed by atoms with Gasteiger partial charge in [0.25, 0.3) is 20.0 Å². The number of fused-ring (bicyclic) bond motifs is 1. The molecule has 1 heterocycles. The topological polar surface area (TPSA) is 98.1 Å². The number of sulfonamides is 1. The van der Waals surface area contributed by atoms with E-state index in [4.69, 9.17) is 0 Å². The fraction of sp³-hybridized carbons (Fsp3) is 0.0741. The van der Waals surface area contributed by atoms with E-state index in [1.165, 1.54) is 16.1 Å². The van der Waals surface area contributed by atoms with Crippen molar-refractivity contribution in [3.05, 3.63) is 108 Å². The Morgan fingerprint density at radius 1 is 0.667 bits per heavy atom. The zero-order chi connectivity index (χ0) is 25.5. The minimum Gasteiger partial charge on any atom is -0.279 e. The Morgan fingerprint density at radius 3 is 1.89 bits per heavy atom. The monoisotopic (exact) mass is 517 g/mol. The van der Waals surface area contributed by atoms with E-state index in [-0.39, 0.29) is 21.3 Å². The summed E-state index contributed by atoms with van der Waals surface area (Å²) in [5, 5.41) is 0. The highest BCUT2D eigenvalue weighted by Gasteiger charge is 2.27. The molecule has 0 aliphatic carbocycles. The van der Waals surface area contributed by atoms with Crippen LogP contribution in [0.5, 0.6) is 0 Å². The van der Waals surface area contributed by atoms with Crippen LogP contribution in [0.3, 0.4) is 0 Å². The van der Waals surface area contributed by atoms with E-state index in [1.807, 2.05) is 13.8 Å². The summed E-state index contributed by atoms with van der Waals surface area (Å²) < 4.78 is 57.8. The standard InChI is InChI=1S/C27H23N3O4S2/c1-19-11-15-21(16-12-19)35(31,32)29-24-8-4-3-7-23(24)27-28-25-9-5-6-10-26(25)30(27)36(33,34)22-17-13-20(2)14-18-22/h3-18,29H,1-2H3. The van der Waals surface area contributed by atoms with Gasteiger partial charge < -0.3 is 0 Å². The maximum absolute atomic E-state index is 13.8. The number of rotatable bonds is 6. The highest BCUT2D eigenvalue weighted by atomic mass is 32.2. The molecule has 0 unspecified atom stereocenters. The Bertz CT molecular complexity index is 1790. The molecule has 0 spiro atoms. The van der Waals surface area contributed by atoms with Crippen LogP contribution in [0.4, 0.5) is 5.69 Å². The average Bonchev–Trinajstić information content (AvgIpc) is 3.25. The number of hydrogen-bond donors (Lipinski definition) is 1. The molecule has 1 aromatic heterocycles. The highest BCUT2D eigenvalue weighted by molar-refractivity contribution is 7.92. The van der Waals surface area contributed by atoms with Gasteiger partial charge in [0.05, 0.1) is 26.5 Å². The molecule has 0 radical (unpaired) electrons. The van der Waals surface area contributed by atoms with Gasteiger partial charge in [-0.2, -0.15) is 0 Å². The number of benzene rings is 4. The lowest BCUT2D eigenvalue weighted by molar-refractivity contribution is 0.589. The molecule has 0 bridgehead atoms. The van der Waals surface area contributed by atoms with Crippen LogP contribution in [0.15, 0.2) is 107 Å².